The average Bonchev–Trinajstić information content (AvgIpc) is 2.44. The van der Waals surface area contributed by atoms with Gasteiger partial charge in [-0.1, -0.05) is 30.0 Å². The van der Waals surface area contributed by atoms with Gasteiger partial charge >= 0.3 is 0 Å². The van der Waals surface area contributed by atoms with Crippen molar-refractivity contribution in [1.82, 2.24) is 10.2 Å². The van der Waals surface area contributed by atoms with Gasteiger partial charge in [-0.2, -0.15) is 0 Å². The smallest absolute Gasteiger partial charge is 0.203 e. The van der Waals surface area contributed by atoms with Gasteiger partial charge in [0, 0.05) is 11.2 Å². The number of thioether (sulfide) groups is 1. The van der Waals surface area contributed by atoms with Crippen molar-refractivity contribution in [1.29, 1.82) is 0 Å². The molecule has 1 aromatic rings. The Morgan fingerprint density at radius 3 is 2.85 bits per heavy atom. The molecule has 13 heavy (non-hydrogen) atoms. The second-order valence-electron chi connectivity index (χ2n) is 3.50. The van der Waals surface area contributed by atoms with Crippen molar-refractivity contribution in [2.45, 2.75) is 11.3 Å². The summed E-state index contributed by atoms with van der Waals surface area (Å²) >= 11 is 3.15. The van der Waals surface area contributed by atoms with Crippen molar-refractivity contribution in [3.8, 4) is 0 Å². The van der Waals surface area contributed by atoms with E-state index in [1.165, 1.54) is 11.3 Å². The Morgan fingerprint density at radius 2 is 2.38 bits per heavy atom. The minimum atomic E-state index is 0.325. The Morgan fingerprint density at radius 1 is 1.62 bits per heavy atom. The molecule has 1 fully saturated rings. The van der Waals surface area contributed by atoms with Crippen LogP contribution in [0.2, 0.25) is 0 Å². The minimum absolute atomic E-state index is 0.325. The monoisotopic (exact) mass is 217 g/mol. The van der Waals surface area contributed by atoms with E-state index in [4.69, 9.17) is 10.5 Å². The number of nitrogens with zero attached hydrogens (tertiary/aromatic N) is 2. The molecule has 72 valence electrons. The molecule has 0 spiro atoms. The van der Waals surface area contributed by atoms with E-state index in [1.807, 2.05) is 0 Å². The average molecular weight is 217 g/mol. The zero-order valence-corrected chi connectivity index (χ0v) is 8.95. The number of nitrogen functional groups attached to an aromatic ring is 1. The van der Waals surface area contributed by atoms with Gasteiger partial charge < -0.3 is 10.5 Å². The van der Waals surface area contributed by atoms with Crippen LogP contribution < -0.4 is 5.73 Å². The molecule has 1 aliphatic heterocycles. The highest BCUT2D eigenvalue weighted by Gasteiger charge is 2.33. The van der Waals surface area contributed by atoms with Gasteiger partial charge in [0.2, 0.25) is 5.13 Å². The van der Waals surface area contributed by atoms with Crippen LogP contribution in [0.3, 0.4) is 0 Å². The van der Waals surface area contributed by atoms with E-state index in [0.717, 1.165) is 23.3 Å². The molecule has 4 nitrogen and oxygen atoms in total. The van der Waals surface area contributed by atoms with Crippen LogP contribution in [0.1, 0.15) is 6.92 Å². The molecule has 1 aromatic heterocycles. The number of hydrogen-bond acceptors (Lipinski definition) is 6. The van der Waals surface area contributed by atoms with Gasteiger partial charge in [-0.25, -0.2) is 0 Å². The van der Waals surface area contributed by atoms with Gasteiger partial charge in [0.15, 0.2) is 4.34 Å². The van der Waals surface area contributed by atoms with Crippen LogP contribution in [-0.4, -0.2) is 29.2 Å². The maximum atomic E-state index is 5.47. The van der Waals surface area contributed by atoms with Gasteiger partial charge in [-0.3, -0.25) is 0 Å². The first-order chi connectivity index (χ1) is 6.18. The van der Waals surface area contributed by atoms with Crippen molar-refractivity contribution in [3.05, 3.63) is 0 Å². The Balaban J connectivity index is 1.85. The Bertz CT molecular complexity index is 298. The molecule has 0 bridgehead atoms. The molecular formula is C7H11N3OS2. The van der Waals surface area contributed by atoms with Crippen LogP contribution in [0.15, 0.2) is 4.34 Å². The zero-order chi connectivity index (χ0) is 9.31. The van der Waals surface area contributed by atoms with E-state index in [0.29, 0.717) is 10.5 Å². The van der Waals surface area contributed by atoms with Gasteiger partial charge in [0.1, 0.15) is 0 Å². The Hall–Kier alpha value is -0.330. The van der Waals surface area contributed by atoms with E-state index in [9.17, 15) is 0 Å². The number of ether oxygens (including phenoxy) is 1. The Labute approximate surface area is 84.9 Å². The summed E-state index contributed by atoms with van der Waals surface area (Å²) in [4.78, 5) is 0. The van der Waals surface area contributed by atoms with Crippen LogP contribution in [0.4, 0.5) is 5.13 Å². The fourth-order valence-electron chi connectivity index (χ4n) is 1.05. The topological polar surface area (TPSA) is 61.0 Å². The first-order valence-corrected chi connectivity index (χ1v) is 5.78. The van der Waals surface area contributed by atoms with Crippen molar-refractivity contribution < 1.29 is 4.74 Å². The number of aromatic nitrogens is 2. The summed E-state index contributed by atoms with van der Waals surface area (Å²) in [5.41, 5.74) is 5.80. The van der Waals surface area contributed by atoms with Gasteiger partial charge in [0.25, 0.3) is 0 Å². The predicted octanol–water partition coefficient (Wildman–Crippen LogP) is 1.25. The van der Waals surface area contributed by atoms with Gasteiger partial charge in [0.05, 0.1) is 13.2 Å². The second kappa shape index (κ2) is 3.43. The SMILES string of the molecule is CC1(CSc2nnc(N)s2)COC1. The Kier molecular flexibility index (Phi) is 2.44. The molecular weight excluding hydrogens is 206 g/mol. The summed E-state index contributed by atoms with van der Waals surface area (Å²) in [7, 11) is 0. The van der Waals surface area contributed by atoms with Crippen LogP contribution in [-0.2, 0) is 4.74 Å². The molecule has 0 saturated carbocycles. The maximum Gasteiger partial charge on any atom is 0.203 e. The first kappa shape index (κ1) is 9.23. The van der Waals surface area contributed by atoms with E-state index < -0.39 is 0 Å². The van der Waals surface area contributed by atoms with E-state index in [1.54, 1.807) is 11.8 Å². The summed E-state index contributed by atoms with van der Waals surface area (Å²) in [5, 5.41) is 8.24. The van der Waals surface area contributed by atoms with Crippen molar-refractivity contribution in [3.63, 3.8) is 0 Å². The molecule has 0 aromatic carbocycles. The second-order valence-corrected chi connectivity index (χ2v) is 5.73. The van der Waals surface area contributed by atoms with Crippen LogP contribution in [0.5, 0.6) is 0 Å². The number of hydrogen-bond donors (Lipinski definition) is 1. The fraction of sp³-hybridized carbons (Fsp3) is 0.714. The lowest BCUT2D eigenvalue weighted by Crippen LogP contribution is -2.41. The van der Waals surface area contributed by atoms with Crippen molar-refractivity contribution >= 4 is 28.2 Å². The largest absolute Gasteiger partial charge is 0.380 e. The lowest BCUT2D eigenvalue weighted by Gasteiger charge is -2.37. The molecule has 0 atom stereocenters. The van der Waals surface area contributed by atoms with Crippen LogP contribution >= 0.6 is 23.1 Å². The molecule has 0 radical (unpaired) electrons. The molecule has 2 rings (SSSR count). The maximum absolute atomic E-state index is 5.47. The third-order valence-electron chi connectivity index (χ3n) is 1.87. The molecule has 2 heterocycles. The first-order valence-electron chi connectivity index (χ1n) is 3.97. The molecule has 0 unspecified atom stereocenters. The molecule has 0 aliphatic carbocycles. The lowest BCUT2D eigenvalue weighted by molar-refractivity contribution is -0.0861. The highest BCUT2D eigenvalue weighted by molar-refractivity contribution is 8.01. The number of nitrogens with two attached hydrogens (primary N) is 1. The van der Waals surface area contributed by atoms with Crippen molar-refractivity contribution in [2.75, 3.05) is 24.7 Å². The summed E-state index contributed by atoms with van der Waals surface area (Å²) in [6.45, 7) is 3.93. The third-order valence-corrected chi connectivity index (χ3v) is 4.19. The fourth-order valence-corrected chi connectivity index (χ4v) is 2.80. The highest BCUT2D eigenvalue weighted by Crippen LogP contribution is 2.34. The minimum Gasteiger partial charge on any atom is -0.380 e. The number of anilines is 1. The third kappa shape index (κ3) is 2.12. The quantitative estimate of drug-likeness (QED) is 0.772. The van der Waals surface area contributed by atoms with E-state index in [2.05, 4.69) is 17.1 Å². The zero-order valence-electron chi connectivity index (χ0n) is 7.32. The molecule has 1 saturated heterocycles. The number of rotatable bonds is 3. The van der Waals surface area contributed by atoms with Crippen LogP contribution in [0.25, 0.3) is 0 Å². The lowest BCUT2D eigenvalue weighted by atomic mass is 9.92. The summed E-state index contributed by atoms with van der Waals surface area (Å²) in [6, 6.07) is 0. The standard InChI is InChI=1S/C7H11N3OS2/c1-7(2-11-3-7)4-12-6-10-9-5(8)13-6/h2-4H2,1H3,(H2,8,9). The van der Waals surface area contributed by atoms with Gasteiger partial charge in [-0.05, 0) is 0 Å². The van der Waals surface area contributed by atoms with Crippen molar-refractivity contribution in [2.24, 2.45) is 5.41 Å². The summed E-state index contributed by atoms with van der Waals surface area (Å²) in [6.07, 6.45) is 0. The molecule has 6 heteroatoms. The molecule has 2 N–H and O–H groups in total. The van der Waals surface area contributed by atoms with Crippen LogP contribution in [0, 0.1) is 5.41 Å². The highest BCUT2D eigenvalue weighted by atomic mass is 32.2. The normalized spacial score (nSPS) is 19.8. The predicted molar refractivity (Wildman–Crippen MR) is 54.0 cm³/mol. The van der Waals surface area contributed by atoms with Gasteiger partial charge in [-0.15, -0.1) is 10.2 Å². The molecule has 0 amide bonds. The summed E-state index contributed by atoms with van der Waals surface area (Å²) in [5.74, 6) is 1.03. The summed E-state index contributed by atoms with van der Waals surface area (Å²) < 4.78 is 6.11. The van der Waals surface area contributed by atoms with E-state index in [-0.39, 0.29) is 0 Å². The van der Waals surface area contributed by atoms with E-state index >= 15 is 0 Å². The molecule has 1 aliphatic rings.